The molecule has 1 aromatic heterocycles. The number of para-hydroxylation sites is 1. The quantitative estimate of drug-likeness (QED) is 0.612. The van der Waals surface area contributed by atoms with Crippen LogP contribution >= 0.6 is 0 Å². The van der Waals surface area contributed by atoms with Gasteiger partial charge in [-0.15, -0.1) is 0 Å². The summed E-state index contributed by atoms with van der Waals surface area (Å²) in [4.78, 5) is 0. The van der Waals surface area contributed by atoms with Gasteiger partial charge in [0.2, 0.25) is 0 Å². The maximum atomic E-state index is 6.58. The summed E-state index contributed by atoms with van der Waals surface area (Å²) in [6, 6.07) is 19.3. The van der Waals surface area contributed by atoms with E-state index in [0.29, 0.717) is 11.8 Å². The van der Waals surface area contributed by atoms with E-state index in [1.54, 1.807) is 0 Å². The van der Waals surface area contributed by atoms with Gasteiger partial charge in [-0.2, -0.15) is 0 Å². The first-order valence-electron chi connectivity index (χ1n) is 11.7. The van der Waals surface area contributed by atoms with Crippen molar-refractivity contribution in [2.24, 2.45) is 17.6 Å². The molecule has 158 valence electrons. The smallest absolute Gasteiger partial charge is 0.0537 e. The van der Waals surface area contributed by atoms with Crippen LogP contribution in [0.4, 0.5) is 0 Å². The van der Waals surface area contributed by atoms with Crippen LogP contribution in [0.2, 0.25) is 0 Å². The second-order valence-corrected chi connectivity index (χ2v) is 9.08. The zero-order chi connectivity index (χ0) is 21.5. The Morgan fingerprint density at radius 3 is 2.59 bits per heavy atom. The van der Waals surface area contributed by atoms with Crippen molar-refractivity contribution in [1.29, 1.82) is 0 Å². The summed E-state index contributed by atoms with van der Waals surface area (Å²) in [6.07, 6.45) is 20.5. The van der Waals surface area contributed by atoms with Gasteiger partial charge in [-0.3, -0.25) is 0 Å². The molecule has 2 N–H and O–H groups in total. The maximum absolute atomic E-state index is 6.58. The summed E-state index contributed by atoms with van der Waals surface area (Å²) in [5, 5.41) is 4.10. The molecular weight excluding hydrogens is 388 g/mol. The van der Waals surface area contributed by atoms with Gasteiger partial charge in [-0.25, -0.2) is 0 Å². The van der Waals surface area contributed by atoms with Crippen LogP contribution < -0.4 is 16.3 Å². The highest BCUT2D eigenvalue weighted by Crippen LogP contribution is 2.34. The third kappa shape index (κ3) is 3.18. The normalized spacial score (nSPS) is 22.3. The van der Waals surface area contributed by atoms with Crippen molar-refractivity contribution in [3.05, 3.63) is 107 Å². The van der Waals surface area contributed by atoms with E-state index in [2.05, 4.69) is 102 Å². The molecule has 3 aromatic rings. The Balaban J connectivity index is 1.39. The van der Waals surface area contributed by atoms with E-state index >= 15 is 0 Å². The van der Waals surface area contributed by atoms with Gasteiger partial charge in [0.05, 0.1) is 5.52 Å². The Morgan fingerprint density at radius 2 is 1.78 bits per heavy atom. The van der Waals surface area contributed by atoms with Gasteiger partial charge >= 0.3 is 0 Å². The molecule has 0 aliphatic heterocycles. The minimum Gasteiger partial charge on any atom is -0.402 e. The molecule has 0 fully saturated rings. The van der Waals surface area contributed by atoms with Gasteiger partial charge in [-0.05, 0) is 55.2 Å². The molecule has 0 radical (unpaired) electrons. The van der Waals surface area contributed by atoms with Gasteiger partial charge in [0, 0.05) is 32.9 Å². The number of benzene rings is 2. The summed E-state index contributed by atoms with van der Waals surface area (Å²) in [5.41, 5.74) is 12.7. The molecule has 3 aliphatic carbocycles. The SMILES string of the molecule is NC1=C(c2ccccc2)C=CC(C2C=c3c(n(C4=CC=CCC4)c4ccccc34)=CC2)C1. The summed E-state index contributed by atoms with van der Waals surface area (Å²) in [5.74, 6) is 0.903. The second-order valence-electron chi connectivity index (χ2n) is 9.08. The van der Waals surface area contributed by atoms with E-state index in [-0.39, 0.29) is 0 Å². The highest BCUT2D eigenvalue weighted by Gasteiger charge is 2.24. The lowest BCUT2D eigenvalue weighted by atomic mass is 9.79. The summed E-state index contributed by atoms with van der Waals surface area (Å²) in [7, 11) is 0. The minimum atomic E-state index is 0.436. The first-order valence-corrected chi connectivity index (χ1v) is 11.7. The third-order valence-corrected chi connectivity index (χ3v) is 7.14. The molecule has 6 rings (SSSR count). The lowest BCUT2D eigenvalue weighted by molar-refractivity contribution is 0.497. The second kappa shape index (κ2) is 7.87. The van der Waals surface area contributed by atoms with Crippen molar-refractivity contribution in [1.82, 2.24) is 4.57 Å². The molecular formula is C30H28N2. The number of allylic oxidation sites excluding steroid dienone is 8. The van der Waals surface area contributed by atoms with E-state index in [0.717, 1.165) is 31.4 Å². The Labute approximate surface area is 189 Å². The number of hydrogen-bond acceptors (Lipinski definition) is 1. The highest BCUT2D eigenvalue weighted by molar-refractivity contribution is 5.86. The van der Waals surface area contributed by atoms with Crippen LogP contribution in [0.25, 0.3) is 34.3 Å². The number of nitrogens with zero attached hydrogens (tertiary/aromatic N) is 1. The lowest BCUT2D eigenvalue weighted by Crippen LogP contribution is -2.34. The van der Waals surface area contributed by atoms with Crippen LogP contribution in [0.5, 0.6) is 0 Å². The molecule has 2 nitrogen and oxygen atoms in total. The molecule has 0 saturated carbocycles. The Kier molecular flexibility index (Phi) is 4.72. The minimum absolute atomic E-state index is 0.436. The van der Waals surface area contributed by atoms with Crippen molar-refractivity contribution >= 4 is 34.3 Å². The monoisotopic (exact) mass is 416 g/mol. The van der Waals surface area contributed by atoms with E-state index < -0.39 is 0 Å². The topological polar surface area (TPSA) is 30.9 Å². The zero-order valence-corrected chi connectivity index (χ0v) is 18.2. The molecule has 0 amide bonds. The molecule has 0 saturated heterocycles. The van der Waals surface area contributed by atoms with Crippen LogP contribution in [0.3, 0.4) is 0 Å². The zero-order valence-electron chi connectivity index (χ0n) is 18.2. The van der Waals surface area contributed by atoms with Gasteiger partial charge < -0.3 is 10.3 Å². The van der Waals surface area contributed by atoms with Crippen molar-refractivity contribution in [2.75, 3.05) is 0 Å². The summed E-state index contributed by atoms with van der Waals surface area (Å²) < 4.78 is 2.49. The van der Waals surface area contributed by atoms with Crippen LogP contribution in [-0.4, -0.2) is 4.57 Å². The average molecular weight is 417 g/mol. The van der Waals surface area contributed by atoms with Crippen LogP contribution in [0.15, 0.2) is 90.7 Å². The molecule has 0 spiro atoms. The van der Waals surface area contributed by atoms with Crippen molar-refractivity contribution in [3.8, 4) is 0 Å². The van der Waals surface area contributed by atoms with Crippen LogP contribution in [0.1, 0.15) is 31.2 Å². The largest absolute Gasteiger partial charge is 0.402 e. The molecule has 2 unspecified atom stereocenters. The van der Waals surface area contributed by atoms with E-state index in [4.69, 9.17) is 5.73 Å². The summed E-state index contributed by atoms with van der Waals surface area (Å²) in [6.45, 7) is 0. The Hall–Kier alpha value is -3.52. The lowest BCUT2D eigenvalue weighted by Gasteiger charge is -2.27. The van der Waals surface area contributed by atoms with Crippen LogP contribution in [0, 0.1) is 11.8 Å². The van der Waals surface area contributed by atoms with Crippen molar-refractivity contribution in [2.45, 2.75) is 25.7 Å². The molecule has 3 aliphatic rings. The molecule has 32 heavy (non-hydrogen) atoms. The predicted molar refractivity (Wildman–Crippen MR) is 136 cm³/mol. The highest BCUT2D eigenvalue weighted by atomic mass is 15.0. The van der Waals surface area contributed by atoms with Crippen LogP contribution in [-0.2, 0) is 0 Å². The molecule has 2 heteroatoms. The first kappa shape index (κ1) is 19.2. The van der Waals surface area contributed by atoms with Crippen molar-refractivity contribution in [3.63, 3.8) is 0 Å². The molecule has 2 atom stereocenters. The van der Waals surface area contributed by atoms with E-state index in [1.807, 2.05) is 0 Å². The number of fused-ring (bicyclic) bond motifs is 3. The first-order chi connectivity index (χ1) is 15.8. The summed E-state index contributed by atoms with van der Waals surface area (Å²) >= 11 is 0. The number of rotatable bonds is 3. The van der Waals surface area contributed by atoms with E-state index in [9.17, 15) is 0 Å². The fourth-order valence-corrected chi connectivity index (χ4v) is 5.53. The Morgan fingerprint density at radius 1 is 0.938 bits per heavy atom. The standard InChI is InChI=1S/C30H28N2/c31-28-20-23(15-17-25(28)21-9-3-1-4-10-21)22-16-18-30-27(19-22)26-13-7-8-14-29(26)32(30)24-11-5-2-6-12-24/h1-5,7-11,13-15,17-19,22-23H,6,12,16,20,31H2. The molecule has 0 bridgehead atoms. The number of nitrogens with two attached hydrogens (primary N) is 1. The molecule has 1 heterocycles. The van der Waals surface area contributed by atoms with E-state index in [1.165, 1.54) is 38.3 Å². The molecule has 2 aromatic carbocycles. The van der Waals surface area contributed by atoms with Crippen molar-refractivity contribution < 1.29 is 0 Å². The van der Waals surface area contributed by atoms with Gasteiger partial charge in [0.25, 0.3) is 0 Å². The van der Waals surface area contributed by atoms with Gasteiger partial charge in [-0.1, -0.05) is 85.0 Å². The maximum Gasteiger partial charge on any atom is 0.0537 e. The number of hydrogen-bond donors (Lipinski definition) is 1. The Bertz CT molecular complexity index is 1430. The van der Waals surface area contributed by atoms with Gasteiger partial charge in [0.15, 0.2) is 0 Å². The predicted octanol–water partition coefficient (Wildman–Crippen LogP) is 5.36. The average Bonchev–Trinajstić information content (AvgIpc) is 3.19. The third-order valence-electron chi connectivity index (χ3n) is 7.14. The van der Waals surface area contributed by atoms with Gasteiger partial charge in [0.1, 0.15) is 0 Å². The fourth-order valence-electron chi connectivity index (χ4n) is 5.53. The number of aromatic nitrogens is 1. The fraction of sp³-hybridized carbons (Fsp3) is 0.200.